The molecule has 1 aliphatic heterocycles. The van der Waals surface area contributed by atoms with E-state index in [-0.39, 0.29) is 17.7 Å². The van der Waals surface area contributed by atoms with E-state index in [0.717, 1.165) is 23.4 Å². The van der Waals surface area contributed by atoms with E-state index in [1.54, 1.807) is 28.8 Å². The zero-order valence-corrected chi connectivity index (χ0v) is 14.7. The fourth-order valence-electron chi connectivity index (χ4n) is 2.72. The minimum absolute atomic E-state index is 0.0841. The molecule has 2 aromatic rings. The van der Waals surface area contributed by atoms with E-state index in [1.165, 1.54) is 12.1 Å². The van der Waals surface area contributed by atoms with Crippen LogP contribution < -0.4 is 0 Å². The van der Waals surface area contributed by atoms with Crippen LogP contribution in [0.15, 0.2) is 48.5 Å². The van der Waals surface area contributed by atoms with E-state index in [2.05, 4.69) is 0 Å². The summed E-state index contributed by atoms with van der Waals surface area (Å²) in [7, 11) is 0. The summed E-state index contributed by atoms with van der Waals surface area (Å²) in [6.45, 7) is 0.622. The van der Waals surface area contributed by atoms with Gasteiger partial charge in [-0.15, -0.1) is 11.8 Å². The van der Waals surface area contributed by atoms with Crippen molar-refractivity contribution in [3.05, 3.63) is 70.2 Å². The van der Waals surface area contributed by atoms with Crippen LogP contribution in [0, 0.1) is 0 Å². The second kappa shape index (κ2) is 7.30. The van der Waals surface area contributed by atoms with E-state index in [1.807, 2.05) is 12.1 Å². The van der Waals surface area contributed by atoms with Gasteiger partial charge in [0.25, 0.3) is 0 Å². The molecule has 0 aliphatic carbocycles. The maximum absolute atomic E-state index is 12.6. The SMILES string of the molecule is O=C(Cc1ccc(C(F)(F)F)cc1)N1CCSC1c1ccc(Cl)cc1. The monoisotopic (exact) mass is 385 g/mol. The molecule has 1 amide bonds. The molecule has 0 N–H and O–H groups in total. The Labute approximate surface area is 153 Å². The van der Waals surface area contributed by atoms with Crippen molar-refractivity contribution < 1.29 is 18.0 Å². The summed E-state index contributed by atoms with van der Waals surface area (Å²) < 4.78 is 37.8. The minimum Gasteiger partial charge on any atom is -0.325 e. The Hall–Kier alpha value is -1.66. The molecule has 1 fully saturated rings. The third-order valence-corrected chi connectivity index (χ3v) is 5.52. The number of amides is 1. The van der Waals surface area contributed by atoms with Crippen molar-refractivity contribution in [2.45, 2.75) is 18.0 Å². The number of nitrogens with zero attached hydrogens (tertiary/aromatic N) is 1. The highest BCUT2D eigenvalue weighted by Crippen LogP contribution is 2.38. The van der Waals surface area contributed by atoms with Gasteiger partial charge in [0.15, 0.2) is 0 Å². The zero-order chi connectivity index (χ0) is 18.0. The molecule has 1 aliphatic rings. The van der Waals surface area contributed by atoms with Gasteiger partial charge in [-0.2, -0.15) is 13.2 Å². The molecule has 0 aromatic heterocycles. The van der Waals surface area contributed by atoms with Crippen LogP contribution in [0.3, 0.4) is 0 Å². The van der Waals surface area contributed by atoms with Crippen LogP contribution in [0.5, 0.6) is 0 Å². The number of hydrogen-bond acceptors (Lipinski definition) is 2. The molecule has 0 spiro atoms. The fraction of sp³-hybridized carbons (Fsp3) is 0.278. The van der Waals surface area contributed by atoms with Crippen molar-refractivity contribution >= 4 is 29.3 Å². The molecule has 0 radical (unpaired) electrons. The number of benzene rings is 2. The molecule has 3 rings (SSSR count). The number of hydrogen-bond donors (Lipinski definition) is 0. The Balaban J connectivity index is 1.70. The van der Waals surface area contributed by atoms with E-state index in [0.29, 0.717) is 17.1 Å². The van der Waals surface area contributed by atoms with Crippen LogP contribution in [0.1, 0.15) is 22.1 Å². The molecule has 1 saturated heterocycles. The van der Waals surface area contributed by atoms with Gasteiger partial charge in [-0.1, -0.05) is 35.9 Å². The summed E-state index contributed by atoms with van der Waals surface area (Å²) in [6, 6.07) is 12.1. The Morgan fingerprint density at radius 1 is 1.12 bits per heavy atom. The summed E-state index contributed by atoms with van der Waals surface area (Å²) in [5.74, 6) is 0.733. The van der Waals surface area contributed by atoms with Gasteiger partial charge in [-0.05, 0) is 35.4 Å². The number of carbonyl (C=O) groups excluding carboxylic acids is 1. The van der Waals surface area contributed by atoms with Gasteiger partial charge < -0.3 is 4.90 Å². The first kappa shape index (κ1) is 18.1. The third-order valence-electron chi connectivity index (χ3n) is 4.00. The average molecular weight is 386 g/mol. The molecule has 1 heterocycles. The first-order valence-corrected chi connectivity index (χ1v) is 9.10. The number of thioether (sulfide) groups is 1. The van der Waals surface area contributed by atoms with Crippen molar-refractivity contribution in [1.29, 1.82) is 0 Å². The topological polar surface area (TPSA) is 20.3 Å². The lowest BCUT2D eigenvalue weighted by Gasteiger charge is -2.24. The highest BCUT2D eigenvalue weighted by molar-refractivity contribution is 7.99. The molecular weight excluding hydrogens is 371 g/mol. The first-order chi connectivity index (χ1) is 11.8. The fourth-order valence-corrected chi connectivity index (χ4v) is 4.12. The van der Waals surface area contributed by atoms with Crippen molar-refractivity contribution in [3.8, 4) is 0 Å². The smallest absolute Gasteiger partial charge is 0.325 e. The summed E-state index contributed by atoms with van der Waals surface area (Å²) in [4.78, 5) is 14.4. The normalized spacial score (nSPS) is 17.8. The summed E-state index contributed by atoms with van der Waals surface area (Å²) >= 11 is 7.57. The highest BCUT2D eigenvalue weighted by atomic mass is 35.5. The number of alkyl halides is 3. The number of rotatable bonds is 3. The van der Waals surface area contributed by atoms with E-state index in [4.69, 9.17) is 11.6 Å². The van der Waals surface area contributed by atoms with E-state index >= 15 is 0 Å². The van der Waals surface area contributed by atoms with Gasteiger partial charge in [-0.3, -0.25) is 4.79 Å². The summed E-state index contributed by atoms with van der Waals surface area (Å²) in [6.07, 6.45) is -4.28. The van der Waals surface area contributed by atoms with Gasteiger partial charge in [0, 0.05) is 17.3 Å². The molecule has 0 bridgehead atoms. The predicted octanol–water partition coefficient (Wildman–Crippen LogP) is 5.18. The third kappa shape index (κ3) is 4.30. The Kier molecular flexibility index (Phi) is 5.29. The maximum atomic E-state index is 12.6. The molecule has 2 nitrogen and oxygen atoms in total. The van der Waals surface area contributed by atoms with Crippen LogP contribution in [0.4, 0.5) is 13.2 Å². The van der Waals surface area contributed by atoms with E-state index < -0.39 is 11.7 Å². The van der Waals surface area contributed by atoms with Crippen molar-refractivity contribution in [3.63, 3.8) is 0 Å². The average Bonchev–Trinajstić information content (AvgIpc) is 3.05. The van der Waals surface area contributed by atoms with Gasteiger partial charge in [0.1, 0.15) is 5.37 Å². The Morgan fingerprint density at radius 3 is 2.36 bits per heavy atom. The van der Waals surface area contributed by atoms with Gasteiger partial charge in [-0.25, -0.2) is 0 Å². The quantitative estimate of drug-likeness (QED) is 0.726. The van der Waals surface area contributed by atoms with Crippen molar-refractivity contribution in [2.75, 3.05) is 12.3 Å². The first-order valence-electron chi connectivity index (χ1n) is 7.67. The molecule has 1 atom stereocenters. The second-order valence-corrected chi connectivity index (χ2v) is 7.36. The maximum Gasteiger partial charge on any atom is 0.416 e. The molecule has 132 valence electrons. The largest absolute Gasteiger partial charge is 0.416 e. The molecule has 0 saturated carbocycles. The molecule has 2 aromatic carbocycles. The number of halogens is 4. The van der Waals surface area contributed by atoms with Crippen molar-refractivity contribution in [1.82, 2.24) is 4.90 Å². The van der Waals surface area contributed by atoms with Crippen molar-refractivity contribution in [2.24, 2.45) is 0 Å². The Bertz CT molecular complexity index is 746. The summed E-state index contributed by atoms with van der Waals surface area (Å²) in [5.41, 5.74) is 0.858. The highest BCUT2D eigenvalue weighted by Gasteiger charge is 2.32. The molecular formula is C18H15ClF3NOS. The van der Waals surface area contributed by atoms with Gasteiger partial charge in [0.2, 0.25) is 5.91 Å². The van der Waals surface area contributed by atoms with Gasteiger partial charge in [0.05, 0.1) is 12.0 Å². The van der Waals surface area contributed by atoms with E-state index in [9.17, 15) is 18.0 Å². The number of carbonyl (C=O) groups is 1. The van der Waals surface area contributed by atoms with Crippen LogP contribution in [-0.2, 0) is 17.4 Å². The van der Waals surface area contributed by atoms with Crippen LogP contribution in [0.25, 0.3) is 0 Å². The molecule has 25 heavy (non-hydrogen) atoms. The van der Waals surface area contributed by atoms with Crippen LogP contribution >= 0.6 is 23.4 Å². The lowest BCUT2D eigenvalue weighted by molar-refractivity contribution is -0.137. The van der Waals surface area contributed by atoms with Crippen LogP contribution in [-0.4, -0.2) is 23.1 Å². The minimum atomic E-state index is -4.37. The standard InChI is InChI=1S/C18H15ClF3NOS/c19-15-7-3-13(4-8-15)17-23(9-10-25-17)16(24)11-12-1-5-14(6-2-12)18(20,21)22/h1-8,17H,9-11H2. The van der Waals surface area contributed by atoms with Gasteiger partial charge >= 0.3 is 6.18 Å². The Morgan fingerprint density at radius 2 is 1.76 bits per heavy atom. The molecule has 1 unspecified atom stereocenters. The second-order valence-electron chi connectivity index (χ2n) is 5.73. The lowest BCUT2D eigenvalue weighted by atomic mass is 10.1. The molecule has 7 heteroatoms. The summed E-state index contributed by atoms with van der Waals surface area (Å²) in [5, 5.41) is 0.550. The lowest BCUT2D eigenvalue weighted by Crippen LogP contribution is -2.31. The van der Waals surface area contributed by atoms with Crippen LogP contribution in [0.2, 0.25) is 5.02 Å². The predicted molar refractivity (Wildman–Crippen MR) is 93.5 cm³/mol. The zero-order valence-electron chi connectivity index (χ0n) is 13.1.